The molecule has 0 saturated carbocycles. The lowest BCUT2D eigenvalue weighted by Crippen LogP contribution is -2.08. The monoisotopic (exact) mass is 252 g/mol. The van der Waals surface area contributed by atoms with Crippen molar-refractivity contribution in [3.63, 3.8) is 0 Å². The fourth-order valence-corrected chi connectivity index (χ4v) is 2.22. The summed E-state index contributed by atoms with van der Waals surface area (Å²) in [5, 5.41) is 14.7. The fraction of sp³-hybridized carbons (Fsp3) is 0.273. The minimum atomic E-state index is -1.07. The van der Waals surface area contributed by atoms with Gasteiger partial charge in [-0.1, -0.05) is 6.92 Å². The van der Waals surface area contributed by atoms with Crippen molar-refractivity contribution in [3.05, 3.63) is 34.5 Å². The van der Waals surface area contributed by atoms with E-state index >= 15 is 0 Å². The second-order valence-electron chi connectivity index (χ2n) is 3.44. The van der Waals surface area contributed by atoms with Crippen LogP contribution in [0.3, 0.4) is 0 Å². The molecule has 0 amide bonds. The summed E-state index contributed by atoms with van der Waals surface area (Å²) in [6.07, 6.45) is 2.59. The molecule has 0 saturated heterocycles. The molecule has 0 aliphatic heterocycles. The maximum absolute atomic E-state index is 10.7. The van der Waals surface area contributed by atoms with E-state index < -0.39 is 5.97 Å². The Morgan fingerprint density at radius 3 is 3.00 bits per heavy atom. The number of carbonyl (C=O) groups is 1. The van der Waals surface area contributed by atoms with Gasteiger partial charge in [-0.15, -0.1) is 11.3 Å². The topological polar surface area (TPSA) is 75.4 Å². The maximum atomic E-state index is 10.7. The van der Waals surface area contributed by atoms with Gasteiger partial charge < -0.3 is 14.8 Å². The van der Waals surface area contributed by atoms with Crippen LogP contribution in [0.15, 0.2) is 28.1 Å². The number of hydrogen-bond donors (Lipinski definition) is 2. The van der Waals surface area contributed by atoms with Crippen molar-refractivity contribution in [2.45, 2.75) is 19.4 Å². The molecule has 0 bridgehead atoms. The standard InChI is InChI=1S/C11H12N2O3S/c1-2-7(10-12-5-6-17-10)13-9-4-3-8(16-9)11(14)15/h3-7,13H,2H2,1H3,(H,14,15). The molecule has 0 aromatic carbocycles. The minimum Gasteiger partial charge on any atom is -0.475 e. The zero-order valence-electron chi connectivity index (χ0n) is 9.21. The fourth-order valence-electron chi connectivity index (χ4n) is 1.45. The number of thiazole rings is 1. The van der Waals surface area contributed by atoms with E-state index in [-0.39, 0.29) is 11.8 Å². The Hall–Kier alpha value is -1.82. The number of aromatic carboxylic acids is 1. The second kappa shape index (κ2) is 5.01. The SMILES string of the molecule is CCC(Nc1ccc(C(=O)O)o1)c1nccs1. The molecule has 0 aliphatic carbocycles. The first-order valence-corrected chi connectivity index (χ1v) is 6.07. The number of aromatic nitrogens is 1. The van der Waals surface area contributed by atoms with Crippen LogP contribution in [0.2, 0.25) is 0 Å². The molecule has 0 aliphatic rings. The van der Waals surface area contributed by atoms with E-state index in [9.17, 15) is 4.79 Å². The molecule has 90 valence electrons. The van der Waals surface area contributed by atoms with E-state index in [1.54, 1.807) is 23.6 Å². The summed E-state index contributed by atoms with van der Waals surface area (Å²) in [6, 6.07) is 3.08. The van der Waals surface area contributed by atoms with Crippen LogP contribution in [0, 0.1) is 0 Å². The molecule has 5 nitrogen and oxygen atoms in total. The maximum Gasteiger partial charge on any atom is 0.371 e. The predicted molar refractivity (Wildman–Crippen MR) is 64.4 cm³/mol. The average molecular weight is 252 g/mol. The lowest BCUT2D eigenvalue weighted by molar-refractivity contribution is 0.0663. The third-order valence-corrected chi connectivity index (χ3v) is 3.18. The molecular weight excluding hydrogens is 240 g/mol. The zero-order valence-corrected chi connectivity index (χ0v) is 10.0. The van der Waals surface area contributed by atoms with Gasteiger partial charge in [-0.2, -0.15) is 0 Å². The largest absolute Gasteiger partial charge is 0.475 e. The summed E-state index contributed by atoms with van der Waals surface area (Å²) in [5.41, 5.74) is 0. The van der Waals surface area contributed by atoms with Gasteiger partial charge in [-0.25, -0.2) is 9.78 Å². The molecule has 1 unspecified atom stereocenters. The summed E-state index contributed by atoms with van der Waals surface area (Å²) < 4.78 is 5.14. The molecule has 2 rings (SSSR count). The van der Waals surface area contributed by atoms with E-state index in [1.165, 1.54) is 6.07 Å². The smallest absolute Gasteiger partial charge is 0.371 e. The highest BCUT2D eigenvalue weighted by atomic mass is 32.1. The Morgan fingerprint density at radius 1 is 1.65 bits per heavy atom. The molecule has 2 heterocycles. The first-order chi connectivity index (χ1) is 8.20. The molecular formula is C11H12N2O3S. The summed E-state index contributed by atoms with van der Waals surface area (Å²) in [4.78, 5) is 14.9. The van der Waals surface area contributed by atoms with Crippen LogP contribution < -0.4 is 5.32 Å². The highest BCUT2D eigenvalue weighted by molar-refractivity contribution is 7.09. The summed E-state index contributed by atoms with van der Waals surface area (Å²) in [7, 11) is 0. The number of nitrogens with zero attached hydrogens (tertiary/aromatic N) is 1. The molecule has 0 fully saturated rings. The van der Waals surface area contributed by atoms with Crippen molar-refractivity contribution in [1.29, 1.82) is 0 Å². The molecule has 0 radical (unpaired) electrons. The van der Waals surface area contributed by atoms with Gasteiger partial charge in [0, 0.05) is 17.6 Å². The first-order valence-electron chi connectivity index (χ1n) is 5.19. The van der Waals surface area contributed by atoms with Gasteiger partial charge in [-0.05, 0) is 12.5 Å². The lowest BCUT2D eigenvalue weighted by atomic mass is 10.2. The van der Waals surface area contributed by atoms with E-state index in [2.05, 4.69) is 10.3 Å². The summed E-state index contributed by atoms with van der Waals surface area (Å²) in [6.45, 7) is 2.03. The van der Waals surface area contributed by atoms with Crippen LogP contribution >= 0.6 is 11.3 Å². The first kappa shape index (κ1) is 11.7. The Balaban J connectivity index is 2.10. The van der Waals surface area contributed by atoms with Crippen LogP contribution in [0.4, 0.5) is 5.88 Å². The zero-order chi connectivity index (χ0) is 12.3. The second-order valence-corrected chi connectivity index (χ2v) is 4.37. The number of hydrogen-bond acceptors (Lipinski definition) is 5. The van der Waals surface area contributed by atoms with Crippen LogP contribution in [-0.4, -0.2) is 16.1 Å². The van der Waals surface area contributed by atoms with E-state index in [0.29, 0.717) is 5.88 Å². The number of anilines is 1. The number of furan rings is 1. The van der Waals surface area contributed by atoms with Gasteiger partial charge in [0.1, 0.15) is 5.01 Å². The van der Waals surface area contributed by atoms with Crippen LogP contribution in [0.1, 0.15) is 34.9 Å². The third kappa shape index (κ3) is 2.65. The van der Waals surface area contributed by atoms with E-state index in [0.717, 1.165) is 11.4 Å². The third-order valence-electron chi connectivity index (χ3n) is 2.29. The van der Waals surface area contributed by atoms with Gasteiger partial charge in [0.25, 0.3) is 0 Å². The highest BCUT2D eigenvalue weighted by Crippen LogP contribution is 2.25. The van der Waals surface area contributed by atoms with Gasteiger partial charge >= 0.3 is 5.97 Å². The van der Waals surface area contributed by atoms with Crippen LogP contribution in [0.5, 0.6) is 0 Å². The molecule has 17 heavy (non-hydrogen) atoms. The normalized spacial score (nSPS) is 12.3. The number of rotatable bonds is 5. The quantitative estimate of drug-likeness (QED) is 0.855. The lowest BCUT2D eigenvalue weighted by Gasteiger charge is -2.12. The Bertz CT molecular complexity index is 493. The van der Waals surface area contributed by atoms with E-state index in [4.69, 9.17) is 9.52 Å². The van der Waals surface area contributed by atoms with Gasteiger partial charge in [-0.3, -0.25) is 0 Å². The van der Waals surface area contributed by atoms with Crippen molar-refractivity contribution in [2.24, 2.45) is 0 Å². The van der Waals surface area contributed by atoms with E-state index in [1.807, 2.05) is 12.3 Å². The van der Waals surface area contributed by atoms with Crippen LogP contribution in [-0.2, 0) is 0 Å². The minimum absolute atomic E-state index is 0.0443. The molecule has 0 spiro atoms. The average Bonchev–Trinajstić information content (AvgIpc) is 2.96. The van der Waals surface area contributed by atoms with Gasteiger partial charge in [0.2, 0.25) is 5.76 Å². The molecule has 6 heteroatoms. The Labute approximate surface area is 102 Å². The van der Waals surface area contributed by atoms with Crippen molar-refractivity contribution in [1.82, 2.24) is 4.98 Å². The number of nitrogens with one attached hydrogen (secondary N) is 1. The van der Waals surface area contributed by atoms with Crippen molar-refractivity contribution in [3.8, 4) is 0 Å². The Kier molecular flexibility index (Phi) is 3.43. The van der Waals surface area contributed by atoms with Crippen molar-refractivity contribution >= 4 is 23.2 Å². The van der Waals surface area contributed by atoms with Crippen molar-refractivity contribution in [2.75, 3.05) is 5.32 Å². The van der Waals surface area contributed by atoms with Gasteiger partial charge in [0.15, 0.2) is 5.88 Å². The molecule has 1 atom stereocenters. The summed E-state index contributed by atoms with van der Waals surface area (Å²) >= 11 is 1.56. The Morgan fingerprint density at radius 2 is 2.47 bits per heavy atom. The molecule has 2 aromatic rings. The van der Waals surface area contributed by atoms with Crippen LogP contribution in [0.25, 0.3) is 0 Å². The van der Waals surface area contributed by atoms with Crippen molar-refractivity contribution < 1.29 is 14.3 Å². The highest BCUT2D eigenvalue weighted by Gasteiger charge is 2.15. The molecule has 2 aromatic heterocycles. The molecule has 2 N–H and O–H groups in total. The predicted octanol–water partition coefficient (Wildman–Crippen LogP) is 3.00. The number of carboxylic acids is 1. The van der Waals surface area contributed by atoms with Gasteiger partial charge in [0.05, 0.1) is 6.04 Å². The number of carboxylic acid groups (broad SMARTS) is 1. The summed E-state index contributed by atoms with van der Waals surface area (Å²) in [5.74, 6) is -0.689.